The number of carbonyl (C=O) groups is 2. The topological polar surface area (TPSA) is 78.3 Å². The number of hydrogen-bond donors (Lipinski definition) is 1. The highest BCUT2D eigenvalue weighted by Gasteiger charge is 2.23. The molecule has 1 aromatic carbocycles. The van der Waals surface area contributed by atoms with E-state index >= 15 is 0 Å². The predicted octanol–water partition coefficient (Wildman–Crippen LogP) is 3.39. The molecule has 0 radical (unpaired) electrons. The van der Waals surface area contributed by atoms with Crippen molar-refractivity contribution in [1.82, 2.24) is 4.40 Å². The maximum Gasteiger partial charge on any atom is 0.329 e. The Morgan fingerprint density at radius 1 is 1.07 bits per heavy atom. The zero-order chi connectivity index (χ0) is 19.6. The van der Waals surface area contributed by atoms with Gasteiger partial charge in [-0.2, -0.15) is 0 Å². The number of ketones is 1. The van der Waals surface area contributed by atoms with Crippen LogP contribution in [0.3, 0.4) is 0 Å². The minimum atomic E-state index is -0.486. The zero-order valence-electron chi connectivity index (χ0n) is 15.5. The van der Waals surface area contributed by atoms with Crippen LogP contribution >= 0.6 is 0 Å². The SMILES string of the molecule is COc1cc(C(=O)c2c(C)c(OC)c3ccccn23)ccc1NOC(C)=O. The van der Waals surface area contributed by atoms with E-state index in [1.165, 1.54) is 14.0 Å². The van der Waals surface area contributed by atoms with Crippen molar-refractivity contribution in [2.24, 2.45) is 0 Å². The first kappa shape index (κ1) is 18.3. The molecule has 0 amide bonds. The van der Waals surface area contributed by atoms with E-state index in [0.29, 0.717) is 28.4 Å². The third-order valence-electron chi connectivity index (χ3n) is 4.22. The van der Waals surface area contributed by atoms with Gasteiger partial charge in [-0.05, 0) is 37.3 Å². The molecule has 0 spiro atoms. The second kappa shape index (κ2) is 7.41. The molecule has 140 valence electrons. The predicted molar refractivity (Wildman–Crippen MR) is 101 cm³/mol. The fourth-order valence-corrected chi connectivity index (χ4v) is 3.02. The normalized spacial score (nSPS) is 10.5. The maximum atomic E-state index is 13.2. The number of benzene rings is 1. The summed E-state index contributed by atoms with van der Waals surface area (Å²) in [5.41, 5.74) is 5.49. The van der Waals surface area contributed by atoms with Crippen LogP contribution in [0.4, 0.5) is 5.69 Å². The summed E-state index contributed by atoms with van der Waals surface area (Å²) in [5, 5.41) is 0. The van der Waals surface area contributed by atoms with Gasteiger partial charge in [-0.25, -0.2) is 5.48 Å². The lowest BCUT2D eigenvalue weighted by Crippen LogP contribution is -2.10. The number of nitrogens with one attached hydrogen (secondary N) is 1. The van der Waals surface area contributed by atoms with Crippen molar-refractivity contribution in [2.45, 2.75) is 13.8 Å². The Balaban J connectivity index is 2.05. The summed E-state index contributed by atoms with van der Waals surface area (Å²) in [4.78, 5) is 29.0. The van der Waals surface area contributed by atoms with Crippen LogP contribution in [0.25, 0.3) is 5.52 Å². The molecule has 7 heteroatoms. The largest absolute Gasteiger partial charge is 0.494 e. The van der Waals surface area contributed by atoms with Gasteiger partial charge in [-0.15, -0.1) is 0 Å². The van der Waals surface area contributed by atoms with Crippen LogP contribution in [0, 0.1) is 6.92 Å². The van der Waals surface area contributed by atoms with Crippen molar-refractivity contribution in [3.8, 4) is 11.5 Å². The summed E-state index contributed by atoms with van der Waals surface area (Å²) in [6, 6.07) is 10.5. The fraction of sp³-hybridized carbons (Fsp3) is 0.200. The lowest BCUT2D eigenvalue weighted by Gasteiger charge is -2.11. The van der Waals surface area contributed by atoms with Gasteiger partial charge in [-0.1, -0.05) is 6.07 Å². The number of rotatable bonds is 6. The van der Waals surface area contributed by atoms with Crippen LogP contribution in [-0.2, 0) is 9.63 Å². The van der Waals surface area contributed by atoms with Crippen LogP contribution in [0.5, 0.6) is 11.5 Å². The second-order valence-corrected chi connectivity index (χ2v) is 5.90. The highest BCUT2D eigenvalue weighted by atomic mass is 16.7. The Kier molecular flexibility index (Phi) is 5.03. The first-order valence-corrected chi connectivity index (χ1v) is 8.27. The summed E-state index contributed by atoms with van der Waals surface area (Å²) in [7, 11) is 3.06. The molecule has 7 nitrogen and oxygen atoms in total. The van der Waals surface area contributed by atoms with Crippen molar-refractivity contribution in [3.05, 3.63) is 59.4 Å². The zero-order valence-corrected chi connectivity index (χ0v) is 15.5. The summed E-state index contributed by atoms with van der Waals surface area (Å²) < 4.78 is 12.6. The molecule has 2 heterocycles. The number of aromatic nitrogens is 1. The number of fused-ring (bicyclic) bond motifs is 1. The van der Waals surface area contributed by atoms with Gasteiger partial charge in [0, 0.05) is 24.2 Å². The third kappa shape index (κ3) is 3.31. The van der Waals surface area contributed by atoms with Crippen LogP contribution in [0.1, 0.15) is 28.5 Å². The number of methoxy groups -OCH3 is 2. The van der Waals surface area contributed by atoms with Gasteiger partial charge in [0.2, 0.25) is 5.78 Å². The average Bonchev–Trinajstić information content (AvgIpc) is 2.96. The lowest BCUT2D eigenvalue weighted by molar-refractivity contribution is -0.138. The van der Waals surface area contributed by atoms with E-state index in [4.69, 9.17) is 14.3 Å². The average molecular weight is 368 g/mol. The minimum Gasteiger partial charge on any atom is -0.494 e. The van der Waals surface area contributed by atoms with E-state index < -0.39 is 5.97 Å². The van der Waals surface area contributed by atoms with Crippen molar-refractivity contribution in [1.29, 1.82) is 0 Å². The molecule has 0 aliphatic rings. The Hall–Kier alpha value is -3.48. The first-order chi connectivity index (χ1) is 13.0. The summed E-state index contributed by atoms with van der Waals surface area (Å²) in [5.74, 6) is 0.389. The van der Waals surface area contributed by atoms with E-state index in [1.807, 2.05) is 35.7 Å². The third-order valence-corrected chi connectivity index (χ3v) is 4.22. The van der Waals surface area contributed by atoms with Gasteiger partial charge in [0.05, 0.1) is 19.7 Å². The molecule has 0 atom stereocenters. The van der Waals surface area contributed by atoms with E-state index in [9.17, 15) is 9.59 Å². The number of hydrogen-bond acceptors (Lipinski definition) is 6. The van der Waals surface area contributed by atoms with Gasteiger partial charge in [0.25, 0.3) is 0 Å². The number of ether oxygens (including phenoxy) is 2. The van der Waals surface area contributed by atoms with Gasteiger partial charge >= 0.3 is 5.97 Å². The molecule has 0 saturated carbocycles. The molecule has 0 fully saturated rings. The molecule has 27 heavy (non-hydrogen) atoms. The van der Waals surface area contributed by atoms with Gasteiger partial charge in [-0.3, -0.25) is 9.59 Å². The molecule has 0 aliphatic carbocycles. The Bertz CT molecular complexity index is 1020. The lowest BCUT2D eigenvalue weighted by atomic mass is 10.0. The summed E-state index contributed by atoms with van der Waals surface area (Å²) in [6.45, 7) is 3.14. The van der Waals surface area contributed by atoms with Crippen molar-refractivity contribution in [3.63, 3.8) is 0 Å². The molecule has 2 aromatic heterocycles. The molecule has 0 saturated heterocycles. The molecular weight excluding hydrogens is 348 g/mol. The number of nitrogens with zero attached hydrogens (tertiary/aromatic N) is 1. The van der Waals surface area contributed by atoms with E-state index in [-0.39, 0.29) is 5.78 Å². The van der Waals surface area contributed by atoms with Crippen LogP contribution in [0.2, 0.25) is 0 Å². The summed E-state index contributed by atoms with van der Waals surface area (Å²) in [6.07, 6.45) is 1.83. The molecular formula is C20H20N2O5. The van der Waals surface area contributed by atoms with Crippen molar-refractivity contribution >= 4 is 23.0 Å². The minimum absolute atomic E-state index is 0.172. The molecule has 0 bridgehead atoms. The number of pyridine rings is 1. The first-order valence-electron chi connectivity index (χ1n) is 8.27. The Morgan fingerprint density at radius 3 is 2.52 bits per heavy atom. The van der Waals surface area contributed by atoms with Crippen LogP contribution in [0.15, 0.2) is 42.6 Å². The van der Waals surface area contributed by atoms with Gasteiger partial charge in [0.15, 0.2) is 0 Å². The number of carbonyl (C=O) groups excluding carboxylic acids is 2. The van der Waals surface area contributed by atoms with E-state index in [0.717, 1.165) is 11.1 Å². The standard InChI is InChI=1S/C20H20N2O5/c1-12-18(22-10-6-5-7-16(22)20(12)26-4)19(24)14-8-9-15(17(11-14)25-3)21-27-13(2)23/h5-11,21H,1-4H3. The summed E-state index contributed by atoms with van der Waals surface area (Å²) >= 11 is 0. The molecule has 0 aliphatic heterocycles. The Morgan fingerprint density at radius 2 is 1.85 bits per heavy atom. The highest BCUT2D eigenvalue weighted by Crippen LogP contribution is 2.33. The van der Waals surface area contributed by atoms with Crippen molar-refractivity contribution < 1.29 is 23.9 Å². The number of anilines is 1. The highest BCUT2D eigenvalue weighted by molar-refractivity contribution is 6.10. The van der Waals surface area contributed by atoms with Gasteiger partial charge < -0.3 is 18.7 Å². The Labute approximate surface area is 156 Å². The van der Waals surface area contributed by atoms with Crippen LogP contribution < -0.4 is 15.0 Å². The second-order valence-electron chi connectivity index (χ2n) is 5.90. The van der Waals surface area contributed by atoms with Crippen molar-refractivity contribution in [2.75, 3.05) is 19.7 Å². The molecule has 3 rings (SSSR count). The quantitative estimate of drug-likeness (QED) is 0.531. The fourth-order valence-electron chi connectivity index (χ4n) is 3.02. The van der Waals surface area contributed by atoms with E-state index in [2.05, 4.69) is 5.48 Å². The van der Waals surface area contributed by atoms with Crippen LogP contribution in [-0.4, -0.2) is 30.4 Å². The van der Waals surface area contributed by atoms with E-state index in [1.54, 1.807) is 25.3 Å². The van der Waals surface area contributed by atoms with Gasteiger partial charge in [0.1, 0.15) is 22.9 Å². The monoisotopic (exact) mass is 368 g/mol. The maximum absolute atomic E-state index is 13.2. The smallest absolute Gasteiger partial charge is 0.329 e. The molecule has 3 aromatic rings. The molecule has 0 unspecified atom stereocenters. The molecule has 1 N–H and O–H groups in total.